The Labute approximate surface area is 319 Å². The van der Waals surface area contributed by atoms with Gasteiger partial charge in [0, 0.05) is 67.8 Å². The van der Waals surface area contributed by atoms with Crippen LogP contribution in [0, 0.1) is 23.0 Å². The van der Waals surface area contributed by atoms with Gasteiger partial charge in [0.15, 0.2) is 11.6 Å². The van der Waals surface area contributed by atoms with Gasteiger partial charge in [-0.1, -0.05) is 54.9 Å². The molecule has 8 rings (SSSR count). The highest BCUT2D eigenvalue weighted by atomic mass is 35.5. The number of fused-ring (bicyclic) bond motifs is 3. The second-order valence-electron chi connectivity index (χ2n) is 14.6. The molecule has 5 aromatic rings. The van der Waals surface area contributed by atoms with Crippen LogP contribution in [0.25, 0.3) is 39.0 Å². The van der Waals surface area contributed by atoms with Crippen molar-refractivity contribution in [2.45, 2.75) is 63.2 Å². The first-order valence-electron chi connectivity index (χ1n) is 18.2. The number of carbonyl (C=O) groups is 1. The third kappa shape index (κ3) is 6.82. The molecular formula is C39H37ClF3N9O3. The average Bonchev–Trinajstić information content (AvgIpc) is 3.89. The zero-order valence-corrected chi connectivity index (χ0v) is 30.9. The van der Waals surface area contributed by atoms with Crippen LogP contribution in [-0.4, -0.2) is 97.9 Å². The molecule has 0 bridgehead atoms. The first-order chi connectivity index (χ1) is 26.5. The Morgan fingerprint density at radius 2 is 2.02 bits per heavy atom. The molecule has 6 heterocycles. The lowest BCUT2D eigenvalue weighted by molar-refractivity contribution is -0.128. The van der Waals surface area contributed by atoms with E-state index in [1.54, 1.807) is 29.2 Å². The normalized spacial score (nSPS) is 21.6. The Morgan fingerprint density at radius 3 is 2.82 bits per heavy atom. The number of anilines is 1. The molecule has 1 amide bonds. The number of rotatable bonds is 9. The Morgan fingerprint density at radius 1 is 1.16 bits per heavy atom. The monoisotopic (exact) mass is 771 g/mol. The summed E-state index contributed by atoms with van der Waals surface area (Å²) in [6.45, 7) is 5.72. The summed E-state index contributed by atoms with van der Waals surface area (Å²) in [6, 6.07) is 9.39. The molecule has 0 radical (unpaired) electrons. The summed E-state index contributed by atoms with van der Waals surface area (Å²) >= 11 is 6.42. The van der Waals surface area contributed by atoms with Crippen LogP contribution in [0.1, 0.15) is 57.2 Å². The van der Waals surface area contributed by atoms with E-state index >= 15 is 4.39 Å². The van der Waals surface area contributed by atoms with Gasteiger partial charge in [-0.3, -0.25) is 14.7 Å². The summed E-state index contributed by atoms with van der Waals surface area (Å²) in [5, 5.41) is 14.7. The second-order valence-corrected chi connectivity index (χ2v) is 15.0. The zero-order chi connectivity index (χ0) is 38.4. The number of carbonyl (C=O) groups excluding carboxylic acids is 1. The molecule has 3 atom stereocenters. The number of nitrogens with zero attached hydrogens (tertiary/aromatic N) is 9. The summed E-state index contributed by atoms with van der Waals surface area (Å²) < 4.78 is 57.7. The average molecular weight is 772 g/mol. The number of halogens is 4. The molecule has 3 saturated heterocycles. The topological polar surface area (TPSA) is 137 Å². The fraction of sp³-hybridized carbons (Fsp3) is 0.410. The molecule has 284 valence electrons. The van der Waals surface area contributed by atoms with E-state index < -0.39 is 29.4 Å². The molecule has 16 heteroatoms. The standard InChI is InChI=1S/C39H37ClF3N9O3/c1-22(2)36-46-29(55-49-36)9-10-30(53)52-16-15-50(20-25(52)11-13-44)37-27-18-45-34(26-6-3-5-23-7-8-28(42)32(40)31(23)26)33(43)35(27)47-38(48-37)54-21-39-12-4-14-51(39)19-24(41)17-39/h3,5-10,18,22,24-25H,4,11-12,14-17,19-21H2,1-2H3/b10-9+/t24-,25+,39-/m1/s1. The van der Waals surface area contributed by atoms with Crippen LogP contribution < -0.4 is 9.64 Å². The highest BCUT2D eigenvalue weighted by Crippen LogP contribution is 2.42. The predicted molar refractivity (Wildman–Crippen MR) is 199 cm³/mol. The minimum absolute atomic E-state index is 0.0123. The summed E-state index contributed by atoms with van der Waals surface area (Å²) in [5.41, 5.74) is -0.425. The highest BCUT2D eigenvalue weighted by molar-refractivity contribution is 6.36. The second kappa shape index (κ2) is 14.7. The third-order valence-corrected chi connectivity index (χ3v) is 11.2. The van der Waals surface area contributed by atoms with E-state index in [4.69, 9.17) is 25.8 Å². The van der Waals surface area contributed by atoms with E-state index in [1.807, 2.05) is 18.7 Å². The molecule has 3 aliphatic rings. The van der Waals surface area contributed by atoms with Gasteiger partial charge < -0.3 is 19.1 Å². The van der Waals surface area contributed by atoms with Crippen molar-refractivity contribution in [3.8, 4) is 23.3 Å². The van der Waals surface area contributed by atoms with Gasteiger partial charge in [0.1, 0.15) is 35.6 Å². The molecule has 12 nitrogen and oxygen atoms in total. The van der Waals surface area contributed by atoms with E-state index in [1.165, 1.54) is 24.4 Å². The molecule has 0 N–H and O–H groups in total. The molecule has 3 aliphatic heterocycles. The van der Waals surface area contributed by atoms with E-state index in [-0.39, 0.29) is 83.6 Å². The first-order valence-corrected chi connectivity index (χ1v) is 18.6. The number of nitriles is 1. The smallest absolute Gasteiger partial charge is 0.319 e. The van der Waals surface area contributed by atoms with E-state index in [9.17, 15) is 18.8 Å². The number of pyridine rings is 1. The number of aromatic nitrogens is 5. The van der Waals surface area contributed by atoms with Gasteiger partial charge >= 0.3 is 6.01 Å². The minimum Gasteiger partial charge on any atom is -0.461 e. The number of alkyl halides is 1. The molecule has 2 aromatic carbocycles. The minimum atomic E-state index is -0.976. The van der Waals surface area contributed by atoms with E-state index in [2.05, 4.69) is 31.1 Å². The van der Waals surface area contributed by atoms with E-state index in [0.717, 1.165) is 19.4 Å². The Kier molecular flexibility index (Phi) is 9.81. The first kappa shape index (κ1) is 36.6. The number of piperazine rings is 1. The molecule has 0 saturated carbocycles. The third-order valence-electron chi connectivity index (χ3n) is 10.8. The molecule has 3 fully saturated rings. The lowest BCUT2D eigenvalue weighted by Crippen LogP contribution is -2.55. The number of hydrogen-bond donors (Lipinski definition) is 0. The van der Waals surface area contributed by atoms with Gasteiger partial charge in [-0.15, -0.1) is 0 Å². The van der Waals surface area contributed by atoms with Crippen molar-refractivity contribution in [1.82, 2.24) is 34.9 Å². The molecule has 0 unspecified atom stereocenters. The maximum atomic E-state index is 16.9. The molecule has 0 spiro atoms. The Hall–Kier alpha value is -5.33. The predicted octanol–water partition coefficient (Wildman–Crippen LogP) is 6.88. The van der Waals surface area contributed by atoms with Crippen LogP contribution in [0.5, 0.6) is 6.01 Å². The molecule has 0 aliphatic carbocycles. The van der Waals surface area contributed by atoms with Crippen LogP contribution >= 0.6 is 11.6 Å². The van der Waals surface area contributed by atoms with Gasteiger partial charge in [0.25, 0.3) is 5.89 Å². The van der Waals surface area contributed by atoms with Gasteiger partial charge in [-0.25, -0.2) is 13.2 Å². The zero-order valence-electron chi connectivity index (χ0n) is 30.2. The lowest BCUT2D eigenvalue weighted by atomic mass is 9.95. The van der Waals surface area contributed by atoms with Gasteiger partial charge in [0.2, 0.25) is 5.91 Å². The Balaban J connectivity index is 1.16. The van der Waals surface area contributed by atoms with Gasteiger partial charge in [-0.2, -0.15) is 20.2 Å². The van der Waals surface area contributed by atoms with Crippen molar-refractivity contribution >= 4 is 51.1 Å². The van der Waals surface area contributed by atoms with Crippen molar-refractivity contribution in [2.75, 3.05) is 44.2 Å². The van der Waals surface area contributed by atoms with Crippen molar-refractivity contribution < 1.29 is 27.2 Å². The van der Waals surface area contributed by atoms with Gasteiger partial charge in [0.05, 0.1) is 34.5 Å². The van der Waals surface area contributed by atoms with E-state index in [0.29, 0.717) is 35.4 Å². The van der Waals surface area contributed by atoms with Crippen LogP contribution in [-0.2, 0) is 4.79 Å². The Bertz CT molecular complexity index is 2370. The summed E-state index contributed by atoms with van der Waals surface area (Å²) in [5.74, 6) is -0.722. The highest BCUT2D eigenvalue weighted by Gasteiger charge is 2.49. The quantitative estimate of drug-likeness (QED) is 0.145. The molecule has 55 heavy (non-hydrogen) atoms. The molecule has 3 aromatic heterocycles. The van der Waals surface area contributed by atoms with Crippen molar-refractivity contribution in [3.63, 3.8) is 0 Å². The summed E-state index contributed by atoms with van der Waals surface area (Å²) in [7, 11) is 0. The summed E-state index contributed by atoms with van der Waals surface area (Å²) in [4.78, 5) is 37.1. The van der Waals surface area contributed by atoms with Crippen LogP contribution in [0.2, 0.25) is 5.02 Å². The molecular weight excluding hydrogens is 735 g/mol. The van der Waals surface area contributed by atoms with Gasteiger partial charge in [-0.05, 0) is 30.8 Å². The number of ether oxygens (including phenoxy) is 1. The number of hydrogen-bond acceptors (Lipinski definition) is 11. The summed E-state index contributed by atoms with van der Waals surface area (Å²) in [6.07, 6.45) is 5.25. The number of amides is 1. The fourth-order valence-electron chi connectivity index (χ4n) is 8.08. The maximum absolute atomic E-state index is 16.9. The van der Waals surface area contributed by atoms with Crippen LogP contribution in [0.4, 0.5) is 19.0 Å². The van der Waals surface area contributed by atoms with Crippen molar-refractivity contribution in [3.05, 3.63) is 71.0 Å². The van der Waals surface area contributed by atoms with Crippen molar-refractivity contribution in [2.24, 2.45) is 0 Å². The van der Waals surface area contributed by atoms with Crippen LogP contribution in [0.3, 0.4) is 0 Å². The van der Waals surface area contributed by atoms with Crippen molar-refractivity contribution in [1.29, 1.82) is 5.26 Å². The number of benzene rings is 2. The maximum Gasteiger partial charge on any atom is 0.319 e. The SMILES string of the molecule is CC(C)c1noc(/C=C/C(=O)N2CCN(c3nc(OC[C@]45CCCN4C[C@H](F)C5)nc4c(F)c(-c5cccc6ccc(F)c(Cl)c56)ncc34)C[C@@H]2CC#N)n1. The largest absolute Gasteiger partial charge is 0.461 e. The fourth-order valence-corrected chi connectivity index (χ4v) is 8.35. The van der Waals surface area contributed by atoms with Crippen LogP contribution in [0.15, 0.2) is 47.1 Å². The lowest BCUT2D eigenvalue weighted by Gasteiger charge is -2.41.